The van der Waals surface area contributed by atoms with E-state index >= 15 is 0 Å². The second kappa shape index (κ2) is 4.68. The zero-order chi connectivity index (χ0) is 12.5. The Kier molecular flexibility index (Phi) is 3.42. The largest absolute Gasteiger partial charge is 0.338 e. The van der Waals surface area contributed by atoms with Crippen LogP contribution in [0.1, 0.15) is 23.2 Å². The highest BCUT2D eigenvalue weighted by molar-refractivity contribution is 9.10. The first-order valence-electron chi connectivity index (χ1n) is 5.27. The van der Waals surface area contributed by atoms with Crippen molar-refractivity contribution in [1.29, 1.82) is 0 Å². The van der Waals surface area contributed by atoms with E-state index in [0.29, 0.717) is 10.2 Å². The molecule has 2 rings (SSSR count). The van der Waals surface area contributed by atoms with Gasteiger partial charge in [-0.05, 0) is 28.1 Å². The molecule has 0 aromatic carbocycles. The molecule has 1 aliphatic heterocycles. The normalized spacial score (nSPS) is 19.1. The Balaban J connectivity index is 2.04. The number of hydrogen-bond acceptors (Lipinski definition) is 2. The van der Waals surface area contributed by atoms with Gasteiger partial charge >= 0.3 is 0 Å². The van der Waals surface area contributed by atoms with Crippen LogP contribution in [0.5, 0.6) is 0 Å². The predicted molar refractivity (Wildman–Crippen MR) is 62.0 cm³/mol. The molecule has 0 radical (unpaired) electrons. The minimum absolute atomic E-state index is 0.0991. The number of pyridine rings is 1. The van der Waals surface area contributed by atoms with Crippen LogP contribution in [0, 0.1) is 0 Å². The molecule has 1 saturated heterocycles. The van der Waals surface area contributed by atoms with E-state index in [4.69, 9.17) is 0 Å². The van der Waals surface area contributed by atoms with Crippen molar-refractivity contribution in [2.24, 2.45) is 0 Å². The molecule has 0 N–H and O–H groups in total. The zero-order valence-electron chi connectivity index (χ0n) is 9.00. The van der Waals surface area contributed by atoms with Gasteiger partial charge < -0.3 is 4.90 Å². The summed E-state index contributed by atoms with van der Waals surface area (Å²) in [4.78, 5) is 17.3. The Morgan fingerprint density at radius 1 is 1.35 bits per heavy atom. The van der Waals surface area contributed by atoms with Gasteiger partial charge in [-0.1, -0.05) is 0 Å². The molecule has 0 atom stereocenters. The van der Waals surface area contributed by atoms with Gasteiger partial charge in [0.15, 0.2) is 0 Å². The number of aromatic nitrogens is 1. The summed E-state index contributed by atoms with van der Waals surface area (Å²) in [7, 11) is 0. The average Bonchev–Trinajstić information content (AvgIpc) is 2.29. The van der Waals surface area contributed by atoms with Crippen molar-refractivity contribution in [3.8, 4) is 0 Å². The number of carbonyl (C=O) groups is 1. The van der Waals surface area contributed by atoms with Crippen molar-refractivity contribution in [3.63, 3.8) is 0 Å². The highest BCUT2D eigenvalue weighted by Gasteiger charge is 2.35. The molecular weight excluding hydrogens is 294 g/mol. The summed E-state index contributed by atoms with van der Waals surface area (Å²) in [6.07, 6.45) is 0.921. The first kappa shape index (κ1) is 12.4. The Hall–Kier alpha value is -1.04. The van der Waals surface area contributed by atoms with Crippen molar-refractivity contribution in [1.82, 2.24) is 9.88 Å². The summed E-state index contributed by atoms with van der Waals surface area (Å²) in [5.74, 6) is -2.87. The molecule has 1 amide bonds. The van der Waals surface area contributed by atoms with Crippen molar-refractivity contribution in [3.05, 3.63) is 28.5 Å². The van der Waals surface area contributed by atoms with E-state index < -0.39 is 5.92 Å². The van der Waals surface area contributed by atoms with Crippen LogP contribution >= 0.6 is 15.9 Å². The van der Waals surface area contributed by atoms with E-state index in [1.54, 1.807) is 12.1 Å². The number of alkyl halides is 2. The van der Waals surface area contributed by atoms with E-state index in [9.17, 15) is 13.6 Å². The van der Waals surface area contributed by atoms with E-state index in [2.05, 4.69) is 20.9 Å². The fourth-order valence-corrected chi connectivity index (χ4v) is 1.96. The number of hydrogen-bond donors (Lipinski definition) is 0. The molecule has 0 unspecified atom stereocenters. The smallest absolute Gasteiger partial charge is 0.255 e. The Bertz CT molecular complexity index is 412. The van der Waals surface area contributed by atoms with Crippen LogP contribution in [0.2, 0.25) is 0 Å². The van der Waals surface area contributed by atoms with Gasteiger partial charge in [0.2, 0.25) is 0 Å². The number of nitrogens with zero attached hydrogens (tertiary/aromatic N) is 2. The van der Waals surface area contributed by atoms with Crippen LogP contribution < -0.4 is 0 Å². The Morgan fingerprint density at radius 2 is 2.00 bits per heavy atom. The van der Waals surface area contributed by atoms with Gasteiger partial charge in [0.25, 0.3) is 11.8 Å². The summed E-state index contributed by atoms with van der Waals surface area (Å²) in [5.41, 5.74) is 0.429. The Morgan fingerprint density at radius 3 is 2.53 bits per heavy atom. The SMILES string of the molecule is O=C(c1ccc(Br)nc1)N1CCC(F)(F)CC1. The fraction of sp³-hybridized carbons (Fsp3) is 0.455. The highest BCUT2D eigenvalue weighted by atomic mass is 79.9. The summed E-state index contributed by atoms with van der Waals surface area (Å²) in [6, 6.07) is 3.29. The standard InChI is InChI=1S/C11H11BrF2N2O/c12-9-2-1-8(7-15-9)10(17)16-5-3-11(13,14)4-6-16/h1-2,7H,3-6H2. The first-order chi connectivity index (χ1) is 7.98. The summed E-state index contributed by atoms with van der Waals surface area (Å²) >= 11 is 3.17. The molecule has 92 valence electrons. The van der Waals surface area contributed by atoms with E-state index in [-0.39, 0.29) is 31.8 Å². The van der Waals surface area contributed by atoms with E-state index in [0.717, 1.165) is 0 Å². The quantitative estimate of drug-likeness (QED) is 0.748. The number of amides is 1. The molecule has 0 spiro atoms. The number of piperidine rings is 1. The lowest BCUT2D eigenvalue weighted by Gasteiger charge is -2.31. The van der Waals surface area contributed by atoms with Gasteiger partial charge in [0.1, 0.15) is 4.60 Å². The van der Waals surface area contributed by atoms with Crippen LogP contribution in [0.15, 0.2) is 22.9 Å². The van der Waals surface area contributed by atoms with E-state index in [1.807, 2.05) is 0 Å². The van der Waals surface area contributed by atoms with Crippen molar-refractivity contribution in [2.75, 3.05) is 13.1 Å². The van der Waals surface area contributed by atoms with Crippen LogP contribution in [-0.2, 0) is 0 Å². The summed E-state index contributed by atoms with van der Waals surface area (Å²) in [5, 5.41) is 0. The molecule has 17 heavy (non-hydrogen) atoms. The minimum atomic E-state index is -2.63. The lowest BCUT2D eigenvalue weighted by atomic mass is 10.1. The second-order valence-electron chi connectivity index (χ2n) is 4.02. The molecule has 0 saturated carbocycles. The molecule has 2 heterocycles. The molecule has 1 aromatic rings. The molecule has 1 fully saturated rings. The summed E-state index contributed by atoms with van der Waals surface area (Å²) in [6.45, 7) is 0.198. The van der Waals surface area contributed by atoms with Gasteiger partial charge in [0.05, 0.1) is 5.56 Å². The highest BCUT2D eigenvalue weighted by Crippen LogP contribution is 2.28. The van der Waals surface area contributed by atoms with Gasteiger partial charge in [-0.25, -0.2) is 13.8 Å². The van der Waals surface area contributed by atoms with Crippen LogP contribution in [0.25, 0.3) is 0 Å². The molecule has 1 aliphatic rings. The molecule has 6 heteroatoms. The third-order valence-corrected chi connectivity index (χ3v) is 3.23. The average molecular weight is 305 g/mol. The van der Waals surface area contributed by atoms with Crippen molar-refractivity contribution in [2.45, 2.75) is 18.8 Å². The third kappa shape index (κ3) is 3.00. The minimum Gasteiger partial charge on any atom is -0.338 e. The maximum absolute atomic E-state index is 12.9. The lowest BCUT2D eigenvalue weighted by Crippen LogP contribution is -2.42. The van der Waals surface area contributed by atoms with Crippen LogP contribution in [-0.4, -0.2) is 34.8 Å². The number of likely N-dealkylation sites (tertiary alicyclic amines) is 1. The lowest BCUT2D eigenvalue weighted by molar-refractivity contribution is -0.0494. The number of rotatable bonds is 1. The van der Waals surface area contributed by atoms with Crippen molar-refractivity contribution >= 4 is 21.8 Å². The number of halogens is 3. The van der Waals surface area contributed by atoms with Gasteiger partial charge in [0, 0.05) is 32.1 Å². The van der Waals surface area contributed by atoms with Gasteiger partial charge in [-0.3, -0.25) is 4.79 Å². The van der Waals surface area contributed by atoms with Crippen LogP contribution in [0.3, 0.4) is 0 Å². The van der Waals surface area contributed by atoms with Gasteiger partial charge in [-0.2, -0.15) is 0 Å². The maximum atomic E-state index is 12.9. The fourth-order valence-electron chi connectivity index (χ4n) is 1.72. The Labute approximate surface area is 106 Å². The summed E-state index contributed by atoms with van der Waals surface area (Å²) < 4.78 is 26.5. The first-order valence-corrected chi connectivity index (χ1v) is 6.06. The predicted octanol–water partition coefficient (Wildman–Crippen LogP) is 2.72. The van der Waals surface area contributed by atoms with Gasteiger partial charge in [-0.15, -0.1) is 0 Å². The van der Waals surface area contributed by atoms with Crippen molar-refractivity contribution < 1.29 is 13.6 Å². The molecular formula is C11H11BrF2N2O. The zero-order valence-corrected chi connectivity index (χ0v) is 10.6. The number of carbonyl (C=O) groups excluding carboxylic acids is 1. The molecule has 1 aromatic heterocycles. The molecule has 3 nitrogen and oxygen atoms in total. The molecule has 0 aliphatic carbocycles. The second-order valence-corrected chi connectivity index (χ2v) is 4.83. The van der Waals surface area contributed by atoms with E-state index in [1.165, 1.54) is 11.1 Å². The third-order valence-electron chi connectivity index (χ3n) is 2.76. The maximum Gasteiger partial charge on any atom is 0.255 e. The van der Waals surface area contributed by atoms with Crippen LogP contribution in [0.4, 0.5) is 8.78 Å². The molecule has 0 bridgehead atoms. The monoisotopic (exact) mass is 304 g/mol. The topological polar surface area (TPSA) is 33.2 Å².